The van der Waals surface area contributed by atoms with Gasteiger partial charge < -0.3 is 53.0 Å². The average Bonchev–Trinajstić information content (AvgIpc) is 3.31. The molecule has 1 aliphatic carbocycles. The van der Waals surface area contributed by atoms with Gasteiger partial charge in [0.25, 0.3) is 11.7 Å². The first-order valence-electron chi connectivity index (χ1n) is 23.9. The van der Waals surface area contributed by atoms with Crippen molar-refractivity contribution in [1.29, 1.82) is 0 Å². The van der Waals surface area contributed by atoms with Crippen molar-refractivity contribution in [3.8, 4) is 17.2 Å². The lowest BCUT2D eigenvalue weighted by Gasteiger charge is -2.47. The number of esters is 1. The Hall–Kier alpha value is -3.86. The van der Waals surface area contributed by atoms with Crippen LogP contribution in [0.3, 0.4) is 0 Å². The van der Waals surface area contributed by atoms with E-state index in [0.717, 1.165) is 12.0 Å². The lowest BCUT2D eigenvalue weighted by molar-refractivity contribution is -0.302. The summed E-state index contributed by atoms with van der Waals surface area (Å²) in [7, 11) is 7.86. The highest BCUT2D eigenvalue weighted by Crippen LogP contribution is 2.40. The second-order valence-corrected chi connectivity index (χ2v) is 19.3. The largest absolute Gasteiger partial charge is 0.493 e. The first-order valence-corrected chi connectivity index (χ1v) is 23.9. The summed E-state index contributed by atoms with van der Waals surface area (Å²) < 4.78 is 47.7. The zero-order valence-corrected chi connectivity index (χ0v) is 41.1. The van der Waals surface area contributed by atoms with E-state index in [9.17, 15) is 29.4 Å². The highest BCUT2D eigenvalue weighted by molar-refractivity contribution is 6.39. The molecule has 14 unspecified atom stereocenters. The van der Waals surface area contributed by atoms with Crippen molar-refractivity contribution < 1.29 is 67.3 Å². The van der Waals surface area contributed by atoms with Crippen LogP contribution in [-0.2, 0) is 42.9 Å². The fraction of sp³-hybridized carbons (Fsp3) is 0.725. The summed E-state index contributed by atoms with van der Waals surface area (Å²) >= 11 is 0. The van der Waals surface area contributed by atoms with Crippen LogP contribution < -0.4 is 14.2 Å². The number of benzene rings is 1. The lowest BCUT2D eigenvalue weighted by Crippen LogP contribution is -2.64. The number of fused-ring (bicyclic) bond motifs is 3. The van der Waals surface area contributed by atoms with Gasteiger partial charge in [0.2, 0.25) is 5.79 Å². The average molecular weight is 928 g/mol. The molecule has 2 bridgehead atoms. The Balaban J connectivity index is 1.48. The van der Waals surface area contributed by atoms with Gasteiger partial charge >= 0.3 is 5.97 Å². The zero-order chi connectivity index (χ0) is 48.5. The van der Waals surface area contributed by atoms with E-state index in [2.05, 4.69) is 6.92 Å². The second-order valence-electron chi connectivity index (χ2n) is 19.3. The first-order chi connectivity index (χ1) is 31.4. The number of piperidine rings is 1. The molecule has 3 heterocycles. The summed E-state index contributed by atoms with van der Waals surface area (Å²) in [6, 6.07) is 4.25. The van der Waals surface area contributed by atoms with Crippen molar-refractivity contribution >= 4 is 23.4 Å². The molecule has 1 amide bonds. The minimum atomic E-state index is -2.52. The van der Waals surface area contributed by atoms with Gasteiger partial charge in [0.1, 0.15) is 35.9 Å². The van der Waals surface area contributed by atoms with Crippen LogP contribution in [0, 0.1) is 29.6 Å². The van der Waals surface area contributed by atoms with Gasteiger partial charge in [-0.2, -0.15) is 0 Å². The number of aliphatic hydroxyl groups is 2. The third-order valence-corrected chi connectivity index (χ3v) is 14.5. The Morgan fingerprint density at radius 1 is 0.864 bits per heavy atom. The molecule has 1 saturated carbocycles. The van der Waals surface area contributed by atoms with Crippen molar-refractivity contribution in [2.75, 3.05) is 42.1 Å². The van der Waals surface area contributed by atoms with Crippen LogP contribution in [0.1, 0.15) is 112 Å². The number of aliphatic hydroxyl groups excluding tert-OH is 1. The molecule has 0 spiro atoms. The van der Waals surface area contributed by atoms with E-state index in [1.807, 2.05) is 39.0 Å². The number of methoxy groups -OCH3 is 5. The molecule has 370 valence electrons. The monoisotopic (exact) mass is 928 g/mol. The molecule has 0 radical (unpaired) electrons. The third-order valence-electron chi connectivity index (χ3n) is 14.5. The molecule has 5 rings (SSSR count). The number of hydrogen-bond donors (Lipinski definition) is 2. The van der Waals surface area contributed by atoms with Gasteiger partial charge in [-0.05, 0) is 108 Å². The molecule has 2 N–H and O–H groups in total. The number of carbonyl (C=O) groups is 4. The number of nitrogens with zero attached hydrogens (tertiary/aromatic N) is 1. The van der Waals surface area contributed by atoms with Gasteiger partial charge in [-0.1, -0.05) is 45.4 Å². The first kappa shape index (κ1) is 53.1. The van der Waals surface area contributed by atoms with Crippen molar-refractivity contribution in [3.63, 3.8) is 0 Å². The smallest absolute Gasteiger partial charge is 0.329 e. The molecule has 1 aromatic carbocycles. The topological polar surface area (TPSA) is 186 Å². The highest BCUT2D eigenvalue weighted by Gasteiger charge is 2.56. The van der Waals surface area contributed by atoms with Crippen LogP contribution in [0.2, 0.25) is 0 Å². The number of carbonyl (C=O) groups excluding carboxylic acids is 4. The van der Waals surface area contributed by atoms with Crippen molar-refractivity contribution in [2.24, 2.45) is 29.6 Å². The number of Topliss-reactive ketones (excluding diaryl/α,β-unsaturated/α-hetero) is 2. The molecule has 1 aromatic rings. The molecule has 0 aromatic heterocycles. The van der Waals surface area contributed by atoms with E-state index >= 15 is 0 Å². The molecule has 2 saturated heterocycles. The number of rotatable bonds is 10. The van der Waals surface area contributed by atoms with E-state index in [1.165, 1.54) is 19.1 Å². The minimum absolute atomic E-state index is 0.0159. The summed E-state index contributed by atoms with van der Waals surface area (Å²) in [6.07, 6.45) is 4.23. The fourth-order valence-electron chi connectivity index (χ4n) is 10.6. The molecular formula is C51H77NO14. The van der Waals surface area contributed by atoms with Crippen LogP contribution in [0.15, 0.2) is 41.5 Å². The van der Waals surface area contributed by atoms with Gasteiger partial charge in [0, 0.05) is 58.1 Å². The van der Waals surface area contributed by atoms with Gasteiger partial charge in [-0.3, -0.25) is 14.4 Å². The summed E-state index contributed by atoms with van der Waals surface area (Å²) in [5, 5.41) is 24.0. The highest BCUT2D eigenvalue weighted by atomic mass is 16.7. The quantitative estimate of drug-likeness (QED) is 0.146. The summed E-state index contributed by atoms with van der Waals surface area (Å²) in [5.41, 5.74) is 1.66. The summed E-state index contributed by atoms with van der Waals surface area (Å²) in [4.78, 5) is 58.4. The van der Waals surface area contributed by atoms with Crippen LogP contribution in [0.5, 0.6) is 17.2 Å². The zero-order valence-electron chi connectivity index (χ0n) is 41.1. The van der Waals surface area contributed by atoms with E-state index in [1.54, 1.807) is 47.3 Å². The van der Waals surface area contributed by atoms with Crippen LogP contribution in [-0.4, -0.2) is 135 Å². The van der Waals surface area contributed by atoms with E-state index in [-0.39, 0.29) is 55.6 Å². The minimum Gasteiger partial charge on any atom is -0.493 e. The number of ketones is 2. The van der Waals surface area contributed by atoms with E-state index < -0.39 is 77.8 Å². The molecule has 15 nitrogen and oxygen atoms in total. The Bertz CT molecular complexity index is 1880. The summed E-state index contributed by atoms with van der Waals surface area (Å²) in [6.45, 7) is 11.3. The normalized spacial score (nSPS) is 36.9. The number of allylic oxidation sites excluding steroid dienone is 3. The van der Waals surface area contributed by atoms with Crippen LogP contribution in [0.4, 0.5) is 0 Å². The van der Waals surface area contributed by atoms with Gasteiger partial charge in [-0.15, -0.1) is 0 Å². The molecule has 66 heavy (non-hydrogen) atoms. The Morgan fingerprint density at radius 3 is 2.20 bits per heavy atom. The standard InChI is InChI=1S/C51H77NO14/c1-12-35-22-29(2)21-30(3)23-44(62-10)47-45(63-11)25-32(5)51(58,66-47)48(55)49(56)52-20-14-13-15-37(52)50(57)65-46(33(6)38(53)28-39(35)54)31(4)24-34-16-18-41(42(26-34)60-8)64-36-17-19-40(59-7)43(27-36)61-9/h17,19,22,24,27,30,32-35,37-38,41-42,44-47,53,58H,12-16,18,20-21,23,25-26,28H2,1-11H3/b29-22+,31-24?. The fourth-order valence-corrected chi connectivity index (χ4v) is 10.6. The molecule has 14 atom stereocenters. The molecule has 3 fully saturated rings. The molecular weight excluding hydrogens is 851 g/mol. The predicted molar refractivity (Wildman–Crippen MR) is 246 cm³/mol. The Labute approximate surface area is 391 Å². The van der Waals surface area contributed by atoms with Crippen LogP contribution in [0.25, 0.3) is 0 Å². The molecule has 4 aliphatic rings. The Kier molecular flexibility index (Phi) is 19.2. The second kappa shape index (κ2) is 23.9. The number of hydrogen-bond acceptors (Lipinski definition) is 14. The SMILES string of the molecule is CCC1/C=C(\C)CC(C)CC(OC)C2OC(O)(C(=O)C(=O)N3CCCCC3C(=O)OC(C(C)=CC3CCC(Oc4ccc(OC)c(OC)c4)C(OC)C3)C(C)C(O)CC1=O)C(C)CC2OC. The predicted octanol–water partition coefficient (Wildman–Crippen LogP) is 6.58. The maximum absolute atomic E-state index is 14.5. The van der Waals surface area contributed by atoms with Crippen molar-refractivity contribution in [1.82, 2.24) is 4.90 Å². The molecule has 15 heteroatoms. The van der Waals surface area contributed by atoms with E-state index in [4.69, 9.17) is 37.9 Å². The maximum Gasteiger partial charge on any atom is 0.329 e. The number of amides is 1. The van der Waals surface area contributed by atoms with Gasteiger partial charge in [0.05, 0.1) is 38.6 Å². The van der Waals surface area contributed by atoms with Gasteiger partial charge in [-0.25, -0.2) is 4.79 Å². The van der Waals surface area contributed by atoms with Crippen molar-refractivity contribution in [2.45, 2.75) is 167 Å². The Morgan fingerprint density at radius 2 is 1.55 bits per heavy atom. The number of ether oxygens (including phenoxy) is 8. The van der Waals surface area contributed by atoms with E-state index in [0.29, 0.717) is 67.8 Å². The van der Waals surface area contributed by atoms with Crippen LogP contribution >= 0.6 is 0 Å². The number of cyclic esters (lactones) is 1. The molecule has 3 aliphatic heterocycles. The van der Waals surface area contributed by atoms with Gasteiger partial charge in [0.15, 0.2) is 11.5 Å². The summed E-state index contributed by atoms with van der Waals surface area (Å²) in [5.74, 6) is -5.84. The lowest BCUT2D eigenvalue weighted by atomic mass is 9.81. The third kappa shape index (κ3) is 12.4. The maximum atomic E-state index is 14.5. The van der Waals surface area contributed by atoms with Crippen molar-refractivity contribution in [3.05, 3.63) is 41.5 Å².